The maximum atomic E-state index is 14.1. The van der Waals surface area contributed by atoms with Crippen molar-refractivity contribution in [2.24, 2.45) is 5.92 Å². The highest BCUT2D eigenvalue weighted by atomic mass is 32.1. The topological polar surface area (TPSA) is 88.1 Å². The number of ether oxygens (including phenoxy) is 4. The molecule has 2 aliphatic heterocycles. The Morgan fingerprint density at radius 2 is 1.39 bits per heavy atom. The first-order valence-corrected chi connectivity index (χ1v) is 17.6. The minimum absolute atomic E-state index is 0.146. The summed E-state index contributed by atoms with van der Waals surface area (Å²) in [5.41, 5.74) is 2.91. The van der Waals surface area contributed by atoms with Gasteiger partial charge in [-0.1, -0.05) is 73.8 Å². The number of rotatable bonds is 7. The number of carbonyl (C=O) groups excluding carboxylic acids is 3. The molecule has 3 heterocycles. The van der Waals surface area contributed by atoms with Crippen molar-refractivity contribution in [1.29, 1.82) is 0 Å². The van der Waals surface area contributed by atoms with Crippen LogP contribution in [0.3, 0.4) is 0 Å². The molecule has 3 unspecified atom stereocenters. The second kappa shape index (κ2) is 12.3. The van der Waals surface area contributed by atoms with E-state index in [1.165, 1.54) is 11.3 Å². The number of fused-ring (bicyclic) bond motifs is 4. The first-order valence-electron chi connectivity index (χ1n) is 16.8. The van der Waals surface area contributed by atoms with Gasteiger partial charge in [-0.2, -0.15) is 0 Å². The molecule has 1 aromatic heterocycles. The molecule has 0 saturated carbocycles. The van der Waals surface area contributed by atoms with Crippen LogP contribution < -0.4 is 4.74 Å². The zero-order valence-electron chi connectivity index (χ0n) is 28.2. The van der Waals surface area contributed by atoms with Gasteiger partial charge in [-0.25, -0.2) is 9.59 Å². The van der Waals surface area contributed by atoms with Crippen molar-refractivity contribution in [2.45, 2.75) is 31.5 Å². The highest BCUT2D eigenvalue weighted by Gasteiger charge is 2.54. The third-order valence-corrected chi connectivity index (χ3v) is 11.0. The Bertz CT molecular complexity index is 2280. The Labute approximate surface area is 299 Å². The minimum atomic E-state index is -1.34. The van der Waals surface area contributed by atoms with Crippen LogP contribution in [-0.2, 0) is 35.0 Å². The van der Waals surface area contributed by atoms with Gasteiger partial charge in [-0.15, -0.1) is 11.3 Å². The molecule has 51 heavy (non-hydrogen) atoms. The first kappa shape index (κ1) is 32.6. The molecule has 5 aromatic rings. The summed E-state index contributed by atoms with van der Waals surface area (Å²) >= 11 is 1.48. The van der Waals surface area contributed by atoms with Gasteiger partial charge in [-0.3, -0.25) is 4.79 Å². The van der Waals surface area contributed by atoms with Crippen LogP contribution in [0.4, 0.5) is 0 Å². The molecule has 0 bridgehead atoms. The third kappa shape index (κ3) is 5.00. The molecule has 254 valence electrons. The Morgan fingerprint density at radius 1 is 0.745 bits per heavy atom. The van der Waals surface area contributed by atoms with Crippen molar-refractivity contribution in [2.75, 3.05) is 13.2 Å². The monoisotopic (exact) mass is 694 g/mol. The number of benzene rings is 4. The van der Waals surface area contributed by atoms with Gasteiger partial charge in [0.25, 0.3) is 0 Å². The summed E-state index contributed by atoms with van der Waals surface area (Å²) in [6, 6.07) is 30.2. The Morgan fingerprint density at radius 3 is 2.10 bits per heavy atom. The highest BCUT2D eigenvalue weighted by Crippen LogP contribution is 2.55. The van der Waals surface area contributed by atoms with Crippen LogP contribution in [0.1, 0.15) is 63.3 Å². The van der Waals surface area contributed by atoms with Crippen molar-refractivity contribution in [3.05, 3.63) is 165 Å². The van der Waals surface area contributed by atoms with E-state index in [1.807, 2.05) is 90.3 Å². The lowest BCUT2D eigenvalue weighted by Gasteiger charge is -2.43. The van der Waals surface area contributed by atoms with Crippen LogP contribution in [0.25, 0.3) is 11.1 Å². The van der Waals surface area contributed by atoms with Crippen LogP contribution in [0, 0.1) is 5.92 Å². The average molecular weight is 695 g/mol. The Balaban J connectivity index is 1.36. The predicted octanol–water partition coefficient (Wildman–Crippen LogP) is 8.88. The molecule has 4 aromatic carbocycles. The fourth-order valence-corrected chi connectivity index (χ4v) is 8.45. The summed E-state index contributed by atoms with van der Waals surface area (Å²) in [5.74, 6) is -0.375. The van der Waals surface area contributed by atoms with Crippen LogP contribution in [0.5, 0.6) is 11.5 Å². The van der Waals surface area contributed by atoms with Gasteiger partial charge < -0.3 is 18.9 Å². The normalized spacial score (nSPS) is 21.3. The van der Waals surface area contributed by atoms with E-state index in [0.29, 0.717) is 64.5 Å². The van der Waals surface area contributed by atoms with Crippen LogP contribution in [0.2, 0.25) is 0 Å². The highest BCUT2D eigenvalue weighted by molar-refractivity contribution is 7.10. The number of thiophene rings is 1. The smallest absolute Gasteiger partial charge is 0.334 e. The molecule has 1 aliphatic carbocycles. The lowest BCUT2D eigenvalue weighted by molar-refractivity contribution is -0.157. The summed E-state index contributed by atoms with van der Waals surface area (Å²) in [7, 11) is 0. The maximum absolute atomic E-state index is 14.1. The Kier molecular flexibility index (Phi) is 7.89. The number of para-hydroxylation sites is 1. The first-order chi connectivity index (χ1) is 24.6. The molecule has 0 amide bonds. The quantitative estimate of drug-likeness (QED) is 0.124. The van der Waals surface area contributed by atoms with Crippen LogP contribution in [0.15, 0.2) is 127 Å². The van der Waals surface area contributed by atoms with Crippen molar-refractivity contribution < 1.29 is 33.3 Å². The predicted molar refractivity (Wildman–Crippen MR) is 194 cm³/mol. The van der Waals surface area contributed by atoms with Gasteiger partial charge >= 0.3 is 11.9 Å². The largest absolute Gasteiger partial charge is 0.456 e. The van der Waals surface area contributed by atoms with Crippen LogP contribution in [-0.4, -0.2) is 30.9 Å². The van der Waals surface area contributed by atoms with Crippen LogP contribution >= 0.6 is 11.3 Å². The van der Waals surface area contributed by atoms with Crippen molar-refractivity contribution in [3.8, 4) is 22.6 Å². The molecule has 7 nitrogen and oxygen atoms in total. The molecular formula is C43H34O7S. The zero-order valence-corrected chi connectivity index (χ0v) is 29.0. The van der Waals surface area contributed by atoms with Crippen molar-refractivity contribution >= 4 is 29.1 Å². The standard InChI is InChI=1S/C43H34O7S/c1-25(2)40(45)49-42(29-19-20-47-24-29)32-11-6-5-10-30(32)39(44)31-17-15-27(22-34(31)42)28-16-18-37-35(23-28)43(38-14-9-21-51-38,50-41(46)26(3)4)33-12-7-8-13-36(33)48-37/h5-18,21-23,29H,1,3,19-20,24H2,2,4H3. The molecule has 8 heteroatoms. The van der Waals surface area contributed by atoms with Crippen molar-refractivity contribution in [3.63, 3.8) is 0 Å². The average Bonchev–Trinajstić information content (AvgIpc) is 3.89. The van der Waals surface area contributed by atoms with Gasteiger partial charge in [0.15, 0.2) is 11.4 Å². The molecule has 8 rings (SSSR count). The fraction of sp³-hybridized carbons (Fsp3) is 0.186. The summed E-state index contributed by atoms with van der Waals surface area (Å²) in [5, 5.41) is 1.95. The number of ketones is 1. The molecule has 0 N–H and O–H groups in total. The number of esters is 2. The maximum Gasteiger partial charge on any atom is 0.334 e. The second-order valence-corrected chi connectivity index (χ2v) is 14.2. The number of carbonyl (C=O) groups is 3. The van der Waals surface area contributed by atoms with E-state index in [9.17, 15) is 14.4 Å². The summed E-state index contributed by atoms with van der Waals surface area (Å²) in [4.78, 5) is 41.9. The van der Waals surface area contributed by atoms with E-state index >= 15 is 0 Å². The van der Waals surface area contributed by atoms with E-state index < -0.39 is 23.1 Å². The summed E-state index contributed by atoms with van der Waals surface area (Å²) in [6.45, 7) is 11.8. The van der Waals surface area contributed by atoms with Gasteiger partial charge in [0.2, 0.25) is 5.60 Å². The zero-order chi connectivity index (χ0) is 35.5. The summed E-state index contributed by atoms with van der Waals surface area (Å²) < 4.78 is 25.4. The molecule has 3 atom stereocenters. The lowest BCUT2D eigenvalue weighted by atomic mass is 9.67. The van der Waals surface area contributed by atoms with Crippen molar-refractivity contribution in [1.82, 2.24) is 0 Å². The third-order valence-electron chi connectivity index (χ3n) is 9.98. The van der Waals surface area contributed by atoms with Gasteiger partial charge in [-0.05, 0) is 73.2 Å². The van der Waals surface area contributed by atoms with Gasteiger partial charge in [0.1, 0.15) is 11.5 Å². The van der Waals surface area contributed by atoms with E-state index in [-0.39, 0.29) is 22.8 Å². The van der Waals surface area contributed by atoms with E-state index in [1.54, 1.807) is 26.0 Å². The molecule has 1 fully saturated rings. The summed E-state index contributed by atoms with van der Waals surface area (Å²) in [6.07, 6.45) is 0.628. The molecule has 0 spiro atoms. The van der Waals surface area contributed by atoms with E-state index in [2.05, 4.69) is 13.2 Å². The van der Waals surface area contributed by atoms with Gasteiger partial charge in [0.05, 0.1) is 11.5 Å². The molecular weight excluding hydrogens is 661 g/mol. The fourth-order valence-electron chi connectivity index (χ4n) is 7.56. The lowest BCUT2D eigenvalue weighted by Crippen LogP contribution is -2.46. The molecule has 3 aliphatic rings. The molecule has 0 radical (unpaired) electrons. The number of hydrogen-bond acceptors (Lipinski definition) is 8. The number of hydrogen-bond donors (Lipinski definition) is 0. The van der Waals surface area contributed by atoms with E-state index in [0.717, 1.165) is 16.0 Å². The second-order valence-electron chi connectivity index (χ2n) is 13.2. The minimum Gasteiger partial charge on any atom is -0.456 e. The van der Waals surface area contributed by atoms with E-state index in [4.69, 9.17) is 18.9 Å². The Hall–Kier alpha value is -5.57. The van der Waals surface area contributed by atoms with Gasteiger partial charge in [0, 0.05) is 57.1 Å². The SMILES string of the molecule is C=C(C)C(=O)OC1(c2cccs2)c2ccccc2Oc2ccc(-c3ccc4c(c3)C(OC(=O)C(=C)C)(C3CCOC3)c3ccccc3C4=O)cc21. The molecule has 1 saturated heterocycles.